The summed E-state index contributed by atoms with van der Waals surface area (Å²) in [6.45, 7) is 3.50. The van der Waals surface area contributed by atoms with Crippen LogP contribution in [0.3, 0.4) is 0 Å². The zero-order valence-electron chi connectivity index (χ0n) is 14.3. The third-order valence-electron chi connectivity index (χ3n) is 4.90. The Morgan fingerprint density at radius 3 is 2.56 bits per heavy atom. The standard InChI is InChI=1S/C18H23N3O4/c1-2-25-15-6-4-3-5-13(15)21-16(22)11-14(18(21)24)20-9-7-12(8-10-20)17(19)23/h3-6,12,14H,2,7-11H2,1H3,(H2,19,23). The molecule has 3 amide bonds. The van der Waals surface area contributed by atoms with E-state index >= 15 is 0 Å². The fourth-order valence-corrected chi connectivity index (χ4v) is 3.57. The molecule has 1 aromatic carbocycles. The highest BCUT2D eigenvalue weighted by atomic mass is 16.5. The molecule has 25 heavy (non-hydrogen) atoms. The van der Waals surface area contributed by atoms with Crippen LogP contribution in [0.1, 0.15) is 26.2 Å². The minimum absolute atomic E-state index is 0.141. The smallest absolute Gasteiger partial charge is 0.251 e. The van der Waals surface area contributed by atoms with E-state index in [2.05, 4.69) is 0 Å². The van der Waals surface area contributed by atoms with Crippen molar-refractivity contribution in [1.82, 2.24) is 4.90 Å². The van der Waals surface area contributed by atoms with Gasteiger partial charge in [0.15, 0.2) is 0 Å². The summed E-state index contributed by atoms with van der Waals surface area (Å²) >= 11 is 0. The summed E-state index contributed by atoms with van der Waals surface area (Å²) in [5, 5.41) is 0. The zero-order chi connectivity index (χ0) is 18.0. The van der Waals surface area contributed by atoms with E-state index < -0.39 is 6.04 Å². The number of ether oxygens (including phenoxy) is 1. The highest BCUT2D eigenvalue weighted by Crippen LogP contribution is 2.34. The summed E-state index contributed by atoms with van der Waals surface area (Å²) in [5.74, 6) is -0.354. The second-order valence-electron chi connectivity index (χ2n) is 6.40. The number of carbonyl (C=O) groups excluding carboxylic acids is 3. The number of benzene rings is 1. The van der Waals surface area contributed by atoms with Crippen molar-refractivity contribution >= 4 is 23.4 Å². The van der Waals surface area contributed by atoms with Crippen molar-refractivity contribution in [2.45, 2.75) is 32.2 Å². The van der Waals surface area contributed by atoms with Gasteiger partial charge in [-0.05, 0) is 45.0 Å². The van der Waals surface area contributed by atoms with Crippen molar-refractivity contribution in [2.75, 3.05) is 24.6 Å². The third kappa shape index (κ3) is 3.37. The predicted molar refractivity (Wildman–Crippen MR) is 92.0 cm³/mol. The summed E-state index contributed by atoms with van der Waals surface area (Å²) in [6, 6.07) is 6.60. The van der Waals surface area contributed by atoms with E-state index in [1.54, 1.807) is 18.2 Å². The summed E-state index contributed by atoms with van der Waals surface area (Å²) < 4.78 is 5.56. The van der Waals surface area contributed by atoms with E-state index in [0.717, 1.165) is 0 Å². The molecule has 2 aliphatic heterocycles. The van der Waals surface area contributed by atoms with Crippen molar-refractivity contribution < 1.29 is 19.1 Å². The normalized spacial score (nSPS) is 22.4. The van der Waals surface area contributed by atoms with Gasteiger partial charge in [0.1, 0.15) is 5.75 Å². The van der Waals surface area contributed by atoms with Crippen LogP contribution in [0.2, 0.25) is 0 Å². The molecule has 0 radical (unpaired) electrons. The van der Waals surface area contributed by atoms with Crippen LogP contribution < -0.4 is 15.4 Å². The Labute approximate surface area is 146 Å². The van der Waals surface area contributed by atoms with Crippen molar-refractivity contribution in [3.63, 3.8) is 0 Å². The number of primary amides is 1. The van der Waals surface area contributed by atoms with E-state index in [1.807, 2.05) is 17.9 Å². The fraction of sp³-hybridized carbons (Fsp3) is 0.500. The van der Waals surface area contributed by atoms with Crippen LogP contribution in [0, 0.1) is 5.92 Å². The van der Waals surface area contributed by atoms with Crippen molar-refractivity contribution in [3.8, 4) is 5.75 Å². The summed E-state index contributed by atoms with van der Waals surface area (Å²) in [4.78, 5) is 39.9. The van der Waals surface area contributed by atoms with Gasteiger partial charge in [-0.15, -0.1) is 0 Å². The monoisotopic (exact) mass is 345 g/mol. The van der Waals surface area contributed by atoms with Crippen LogP contribution >= 0.6 is 0 Å². The van der Waals surface area contributed by atoms with Gasteiger partial charge in [-0.1, -0.05) is 12.1 Å². The van der Waals surface area contributed by atoms with Gasteiger partial charge in [-0.3, -0.25) is 19.3 Å². The lowest BCUT2D eigenvalue weighted by molar-refractivity contribution is -0.124. The molecule has 2 fully saturated rings. The van der Waals surface area contributed by atoms with Gasteiger partial charge < -0.3 is 10.5 Å². The van der Waals surface area contributed by atoms with Crippen molar-refractivity contribution in [2.24, 2.45) is 11.7 Å². The number of para-hydroxylation sites is 2. The first-order chi connectivity index (χ1) is 12.0. The first kappa shape index (κ1) is 17.4. The number of carbonyl (C=O) groups is 3. The highest BCUT2D eigenvalue weighted by molar-refractivity contribution is 6.23. The summed E-state index contributed by atoms with van der Waals surface area (Å²) in [5.41, 5.74) is 5.85. The number of likely N-dealkylation sites (tertiary alicyclic amines) is 1. The van der Waals surface area contributed by atoms with E-state index in [-0.39, 0.29) is 30.1 Å². The third-order valence-corrected chi connectivity index (χ3v) is 4.90. The van der Waals surface area contributed by atoms with Gasteiger partial charge in [0.05, 0.1) is 24.8 Å². The minimum Gasteiger partial charge on any atom is -0.492 e. The van der Waals surface area contributed by atoms with Crippen molar-refractivity contribution in [1.29, 1.82) is 0 Å². The number of hydrogen-bond acceptors (Lipinski definition) is 5. The molecule has 2 saturated heterocycles. The maximum Gasteiger partial charge on any atom is 0.251 e. The number of rotatable bonds is 5. The Bertz CT molecular complexity index is 683. The fourth-order valence-electron chi connectivity index (χ4n) is 3.57. The maximum absolute atomic E-state index is 12.9. The second kappa shape index (κ2) is 7.23. The highest BCUT2D eigenvalue weighted by Gasteiger charge is 2.44. The van der Waals surface area contributed by atoms with E-state index in [9.17, 15) is 14.4 Å². The average molecular weight is 345 g/mol. The molecule has 2 heterocycles. The number of piperidine rings is 1. The molecule has 1 atom stereocenters. The Kier molecular flexibility index (Phi) is 5.03. The Morgan fingerprint density at radius 2 is 1.92 bits per heavy atom. The van der Waals surface area contributed by atoms with Gasteiger partial charge in [0.25, 0.3) is 5.91 Å². The molecule has 0 aromatic heterocycles. The Hall–Kier alpha value is -2.41. The number of amides is 3. The van der Waals surface area contributed by atoms with E-state index in [4.69, 9.17) is 10.5 Å². The minimum atomic E-state index is -0.476. The average Bonchev–Trinajstić information content (AvgIpc) is 2.90. The molecule has 2 aliphatic rings. The number of anilines is 1. The van der Waals surface area contributed by atoms with E-state index in [0.29, 0.717) is 44.0 Å². The zero-order valence-corrected chi connectivity index (χ0v) is 14.3. The number of nitrogens with zero attached hydrogens (tertiary/aromatic N) is 2. The Morgan fingerprint density at radius 1 is 1.24 bits per heavy atom. The van der Waals surface area contributed by atoms with Gasteiger partial charge >= 0.3 is 0 Å². The lowest BCUT2D eigenvalue weighted by atomic mass is 9.95. The molecule has 2 N–H and O–H groups in total. The van der Waals surface area contributed by atoms with Crippen LogP contribution in [-0.2, 0) is 14.4 Å². The molecule has 7 heteroatoms. The molecule has 0 spiro atoms. The molecule has 1 aromatic rings. The molecule has 0 bridgehead atoms. The Balaban J connectivity index is 1.76. The molecule has 7 nitrogen and oxygen atoms in total. The van der Waals surface area contributed by atoms with Crippen LogP contribution in [0.5, 0.6) is 5.75 Å². The summed E-state index contributed by atoms with van der Waals surface area (Å²) in [7, 11) is 0. The molecule has 0 saturated carbocycles. The van der Waals surface area contributed by atoms with Gasteiger partial charge in [0, 0.05) is 5.92 Å². The largest absolute Gasteiger partial charge is 0.492 e. The lowest BCUT2D eigenvalue weighted by Crippen LogP contribution is -2.47. The quantitative estimate of drug-likeness (QED) is 0.801. The van der Waals surface area contributed by atoms with Gasteiger partial charge in [0.2, 0.25) is 11.8 Å². The first-order valence-corrected chi connectivity index (χ1v) is 8.65. The number of hydrogen-bond donors (Lipinski definition) is 1. The molecular weight excluding hydrogens is 322 g/mol. The van der Waals surface area contributed by atoms with Crippen molar-refractivity contribution in [3.05, 3.63) is 24.3 Å². The SMILES string of the molecule is CCOc1ccccc1N1C(=O)CC(N2CCC(C(N)=O)CC2)C1=O. The molecule has 134 valence electrons. The van der Waals surface area contributed by atoms with Crippen LogP contribution in [-0.4, -0.2) is 48.4 Å². The summed E-state index contributed by atoms with van der Waals surface area (Å²) in [6.07, 6.45) is 1.41. The number of nitrogens with two attached hydrogens (primary N) is 1. The maximum atomic E-state index is 12.9. The predicted octanol–water partition coefficient (Wildman–Crippen LogP) is 0.915. The van der Waals surface area contributed by atoms with Crippen LogP contribution in [0.4, 0.5) is 5.69 Å². The van der Waals surface area contributed by atoms with E-state index in [1.165, 1.54) is 4.90 Å². The number of imide groups is 1. The molecule has 1 unspecified atom stereocenters. The molecule has 0 aliphatic carbocycles. The molecule has 3 rings (SSSR count). The molecular formula is C18H23N3O4. The van der Waals surface area contributed by atoms with Gasteiger partial charge in [-0.25, -0.2) is 4.90 Å². The first-order valence-electron chi connectivity index (χ1n) is 8.65. The topological polar surface area (TPSA) is 92.9 Å². The van der Waals surface area contributed by atoms with Crippen LogP contribution in [0.15, 0.2) is 24.3 Å². The lowest BCUT2D eigenvalue weighted by Gasteiger charge is -2.33. The second-order valence-corrected chi connectivity index (χ2v) is 6.40. The van der Waals surface area contributed by atoms with Crippen LogP contribution in [0.25, 0.3) is 0 Å². The van der Waals surface area contributed by atoms with Gasteiger partial charge in [-0.2, -0.15) is 0 Å².